The zero-order valence-corrected chi connectivity index (χ0v) is 16.1. The van der Waals surface area contributed by atoms with Crippen molar-refractivity contribution >= 4 is 22.9 Å². The van der Waals surface area contributed by atoms with Gasteiger partial charge in [0.05, 0.1) is 17.6 Å². The number of carboxylic acids is 1. The lowest BCUT2D eigenvalue weighted by Gasteiger charge is -2.28. The number of fused-ring (bicyclic) bond motifs is 1. The fourth-order valence-electron chi connectivity index (χ4n) is 3.80. The molecule has 28 heavy (non-hydrogen) atoms. The average Bonchev–Trinajstić information content (AvgIpc) is 2.97. The Morgan fingerprint density at radius 2 is 1.93 bits per heavy atom. The first-order valence-corrected chi connectivity index (χ1v) is 9.81. The number of carbonyl (C=O) groups excluding carboxylic acids is 1. The zero-order chi connectivity index (χ0) is 20.1. The van der Waals surface area contributed by atoms with Gasteiger partial charge in [-0.15, -0.1) is 0 Å². The van der Waals surface area contributed by atoms with E-state index in [1.54, 1.807) is 9.13 Å². The summed E-state index contributed by atoms with van der Waals surface area (Å²) in [5.74, 6) is -1.66. The summed E-state index contributed by atoms with van der Waals surface area (Å²) < 4.78 is 8.65. The summed E-state index contributed by atoms with van der Waals surface area (Å²) >= 11 is 0. The first kappa shape index (κ1) is 20.1. The van der Waals surface area contributed by atoms with E-state index in [1.807, 2.05) is 31.2 Å². The Morgan fingerprint density at radius 1 is 1.25 bits per heavy atom. The van der Waals surface area contributed by atoms with Gasteiger partial charge >= 0.3 is 11.7 Å². The lowest BCUT2D eigenvalue weighted by molar-refractivity contribution is -0.145. The van der Waals surface area contributed by atoms with E-state index < -0.39 is 12.0 Å². The minimum absolute atomic E-state index is 0.0391. The predicted molar refractivity (Wildman–Crippen MR) is 104 cm³/mol. The second kappa shape index (κ2) is 9.05. The number of carboxylic acid groups (broad SMARTS) is 1. The smallest absolute Gasteiger partial charge is 0.329 e. The first-order valence-electron chi connectivity index (χ1n) is 9.81. The van der Waals surface area contributed by atoms with Crippen LogP contribution >= 0.6 is 0 Å². The largest absolute Gasteiger partial charge is 0.480 e. The predicted octanol–water partition coefficient (Wildman–Crippen LogP) is 1.60. The van der Waals surface area contributed by atoms with E-state index in [0.717, 1.165) is 23.9 Å². The number of para-hydroxylation sites is 2. The second-order valence-corrected chi connectivity index (χ2v) is 7.19. The van der Waals surface area contributed by atoms with Gasteiger partial charge in [-0.3, -0.25) is 13.9 Å². The van der Waals surface area contributed by atoms with Gasteiger partial charge in [0.1, 0.15) is 6.04 Å². The molecule has 1 fully saturated rings. The lowest BCUT2D eigenvalue weighted by atomic mass is 9.93. The van der Waals surface area contributed by atoms with Crippen LogP contribution in [0.3, 0.4) is 0 Å². The third kappa shape index (κ3) is 4.27. The van der Waals surface area contributed by atoms with Crippen LogP contribution in [0.5, 0.6) is 0 Å². The topological polar surface area (TPSA) is 103 Å². The Balaban J connectivity index is 1.71. The van der Waals surface area contributed by atoms with E-state index in [0.29, 0.717) is 26.2 Å². The molecule has 1 aromatic carbocycles. The van der Waals surface area contributed by atoms with Crippen molar-refractivity contribution in [1.82, 2.24) is 14.5 Å². The van der Waals surface area contributed by atoms with Gasteiger partial charge in [0.2, 0.25) is 5.91 Å². The molecular weight excluding hydrogens is 362 g/mol. The standard InChI is InChI=1S/C20H27N3O5/c1-2-10-22-15-7-3-4-8-16(15)23(20(22)27)11-9-17(24)21-18(19(25)26)14-6-5-12-28-13-14/h3-4,7-8,14,18H,2,5-6,9-13H2,1H3,(H,21,24)(H,25,26). The van der Waals surface area contributed by atoms with Gasteiger partial charge in [0, 0.05) is 32.0 Å². The molecule has 8 nitrogen and oxygen atoms in total. The van der Waals surface area contributed by atoms with Gasteiger partial charge < -0.3 is 15.2 Å². The molecule has 8 heteroatoms. The van der Waals surface area contributed by atoms with E-state index in [-0.39, 0.29) is 30.5 Å². The zero-order valence-electron chi connectivity index (χ0n) is 16.1. The van der Waals surface area contributed by atoms with Crippen molar-refractivity contribution in [3.8, 4) is 0 Å². The maximum Gasteiger partial charge on any atom is 0.329 e. The maximum absolute atomic E-state index is 12.8. The first-order chi connectivity index (χ1) is 13.5. The quantitative estimate of drug-likeness (QED) is 0.714. The monoisotopic (exact) mass is 389 g/mol. The van der Waals surface area contributed by atoms with Crippen molar-refractivity contribution in [3.63, 3.8) is 0 Å². The Morgan fingerprint density at radius 3 is 2.50 bits per heavy atom. The molecule has 3 rings (SSSR count). The molecule has 1 saturated heterocycles. The minimum atomic E-state index is -1.06. The lowest BCUT2D eigenvalue weighted by Crippen LogP contribution is -2.48. The van der Waals surface area contributed by atoms with Gasteiger partial charge in [-0.1, -0.05) is 19.1 Å². The molecule has 152 valence electrons. The summed E-state index contributed by atoms with van der Waals surface area (Å²) in [6.07, 6.45) is 2.37. The molecule has 2 unspecified atom stereocenters. The molecule has 2 atom stereocenters. The third-order valence-corrected chi connectivity index (χ3v) is 5.18. The number of aliphatic carboxylic acids is 1. The molecular formula is C20H27N3O5. The summed E-state index contributed by atoms with van der Waals surface area (Å²) in [5, 5.41) is 12.1. The molecule has 0 aliphatic carbocycles. The van der Waals surface area contributed by atoms with Crippen molar-refractivity contribution in [1.29, 1.82) is 0 Å². The Bertz CT molecular complexity index is 895. The van der Waals surface area contributed by atoms with Crippen LogP contribution < -0.4 is 11.0 Å². The van der Waals surface area contributed by atoms with Gasteiger partial charge in [-0.05, 0) is 31.4 Å². The molecule has 2 aromatic rings. The average molecular weight is 389 g/mol. The van der Waals surface area contributed by atoms with Gasteiger partial charge in [0.15, 0.2) is 0 Å². The number of amides is 1. The summed E-state index contributed by atoms with van der Waals surface area (Å²) in [6, 6.07) is 6.53. The maximum atomic E-state index is 12.8. The van der Waals surface area contributed by atoms with Crippen molar-refractivity contribution < 1.29 is 19.4 Å². The summed E-state index contributed by atoms with van der Waals surface area (Å²) in [7, 11) is 0. The van der Waals surface area contributed by atoms with E-state index in [1.165, 1.54) is 0 Å². The molecule has 2 N–H and O–H groups in total. The molecule has 0 radical (unpaired) electrons. The van der Waals surface area contributed by atoms with Crippen molar-refractivity contribution in [2.75, 3.05) is 13.2 Å². The molecule has 1 aromatic heterocycles. The van der Waals surface area contributed by atoms with Crippen LogP contribution in [0.4, 0.5) is 0 Å². The van der Waals surface area contributed by atoms with Crippen LogP contribution in [0.25, 0.3) is 11.0 Å². The summed E-state index contributed by atoms with van der Waals surface area (Å²) in [6.45, 7) is 3.78. The summed E-state index contributed by atoms with van der Waals surface area (Å²) in [5.41, 5.74) is 1.48. The molecule has 0 bridgehead atoms. The fraction of sp³-hybridized carbons (Fsp3) is 0.550. The van der Waals surface area contributed by atoms with Crippen molar-refractivity contribution in [3.05, 3.63) is 34.7 Å². The van der Waals surface area contributed by atoms with Crippen LogP contribution in [0.1, 0.15) is 32.6 Å². The Labute approximate surface area is 163 Å². The molecule has 1 amide bonds. The van der Waals surface area contributed by atoms with E-state index >= 15 is 0 Å². The number of carbonyl (C=O) groups is 2. The van der Waals surface area contributed by atoms with E-state index in [9.17, 15) is 19.5 Å². The van der Waals surface area contributed by atoms with Crippen LogP contribution in [-0.2, 0) is 27.4 Å². The number of imidazole rings is 1. The van der Waals surface area contributed by atoms with E-state index in [2.05, 4.69) is 5.32 Å². The Kier molecular flexibility index (Phi) is 6.51. The highest BCUT2D eigenvalue weighted by Crippen LogP contribution is 2.18. The molecule has 1 aliphatic heterocycles. The number of aromatic nitrogens is 2. The fourth-order valence-corrected chi connectivity index (χ4v) is 3.80. The van der Waals surface area contributed by atoms with Crippen LogP contribution in [-0.4, -0.2) is 45.4 Å². The van der Waals surface area contributed by atoms with Crippen LogP contribution in [0.2, 0.25) is 0 Å². The van der Waals surface area contributed by atoms with Crippen molar-refractivity contribution in [2.45, 2.75) is 51.7 Å². The highest BCUT2D eigenvalue weighted by atomic mass is 16.5. The number of hydrogen-bond acceptors (Lipinski definition) is 4. The van der Waals surface area contributed by atoms with Gasteiger partial charge in [-0.2, -0.15) is 0 Å². The van der Waals surface area contributed by atoms with Crippen LogP contribution in [0.15, 0.2) is 29.1 Å². The molecule has 0 saturated carbocycles. The number of nitrogens with one attached hydrogen (secondary N) is 1. The van der Waals surface area contributed by atoms with Crippen LogP contribution in [0, 0.1) is 5.92 Å². The molecule has 2 heterocycles. The number of ether oxygens (including phenoxy) is 1. The van der Waals surface area contributed by atoms with Crippen molar-refractivity contribution in [2.24, 2.45) is 5.92 Å². The third-order valence-electron chi connectivity index (χ3n) is 5.18. The van der Waals surface area contributed by atoms with Gasteiger partial charge in [0.25, 0.3) is 0 Å². The number of aryl methyl sites for hydroxylation is 2. The number of rotatable bonds is 8. The molecule has 0 spiro atoms. The molecule has 1 aliphatic rings. The summed E-state index contributed by atoms with van der Waals surface area (Å²) in [4.78, 5) is 36.8. The highest BCUT2D eigenvalue weighted by molar-refractivity contribution is 5.84. The Hall–Kier alpha value is -2.61. The second-order valence-electron chi connectivity index (χ2n) is 7.19. The highest BCUT2D eigenvalue weighted by Gasteiger charge is 2.31. The normalized spacial score (nSPS) is 18.1. The number of hydrogen-bond donors (Lipinski definition) is 2. The number of benzene rings is 1. The minimum Gasteiger partial charge on any atom is -0.480 e. The number of nitrogens with zero attached hydrogens (tertiary/aromatic N) is 2. The van der Waals surface area contributed by atoms with Gasteiger partial charge in [-0.25, -0.2) is 9.59 Å². The SMILES string of the molecule is CCCn1c(=O)n(CCC(=O)NC(C(=O)O)C2CCCOC2)c2ccccc21. The van der Waals surface area contributed by atoms with E-state index in [4.69, 9.17) is 4.74 Å².